The first-order chi connectivity index (χ1) is 4.84. The second-order valence-corrected chi connectivity index (χ2v) is 1.91. The lowest BCUT2D eigenvalue weighted by atomic mass is 10.3. The summed E-state index contributed by atoms with van der Waals surface area (Å²) in [5, 5.41) is 0. The van der Waals surface area contributed by atoms with Gasteiger partial charge in [0.1, 0.15) is 0 Å². The molecule has 1 aromatic heterocycles. The smallest absolute Gasteiger partial charge is 0.221 e. The zero-order valence-electron chi connectivity index (χ0n) is 5.87. The van der Waals surface area contributed by atoms with E-state index in [-0.39, 0.29) is 0 Å². The lowest BCUT2D eigenvalue weighted by molar-refractivity contribution is 0.459. The molecule has 52 valence electrons. The Morgan fingerprint density at radius 1 is 1.70 bits per heavy atom. The maximum atomic E-state index is 4.99. The zero-order chi connectivity index (χ0) is 7.40. The summed E-state index contributed by atoms with van der Waals surface area (Å²) in [6, 6.07) is 3.80. The van der Waals surface area contributed by atoms with E-state index in [1.54, 1.807) is 6.20 Å². The largest absolute Gasteiger partial charge is 0.447 e. The van der Waals surface area contributed by atoms with Gasteiger partial charge in [0.25, 0.3) is 0 Å². The van der Waals surface area contributed by atoms with Crippen LogP contribution in [0.3, 0.4) is 0 Å². The van der Waals surface area contributed by atoms with Crippen LogP contribution in [0, 0.1) is 6.92 Å². The lowest BCUT2D eigenvalue weighted by Gasteiger charge is -1.99. The highest BCUT2D eigenvalue weighted by atomic mass is 16.5. The van der Waals surface area contributed by atoms with Crippen LogP contribution >= 0.6 is 0 Å². The summed E-state index contributed by atoms with van der Waals surface area (Å²) in [6.07, 6.45) is 3.06. The number of aryl methyl sites for hydroxylation is 1. The number of ether oxygens (including phenoxy) is 1. The molecule has 0 bridgehead atoms. The Kier molecular flexibility index (Phi) is 2.05. The van der Waals surface area contributed by atoms with Gasteiger partial charge in [0.15, 0.2) is 0 Å². The average molecular weight is 135 g/mol. The van der Waals surface area contributed by atoms with Crippen molar-refractivity contribution in [3.05, 3.63) is 36.7 Å². The van der Waals surface area contributed by atoms with Gasteiger partial charge in [-0.1, -0.05) is 12.6 Å². The Morgan fingerprint density at radius 2 is 2.50 bits per heavy atom. The molecule has 0 saturated carbocycles. The highest BCUT2D eigenvalue weighted by Gasteiger charge is 1.94. The van der Waals surface area contributed by atoms with Crippen molar-refractivity contribution >= 4 is 0 Å². The Hall–Kier alpha value is -1.31. The van der Waals surface area contributed by atoms with Gasteiger partial charge < -0.3 is 4.74 Å². The molecule has 2 heteroatoms. The van der Waals surface area contributed by atoms with Crippen molar-refractivity contribution in [1.82, 2.24) is 4.98 Å². The third-order valence-electron chi connectivity index (χ3n) is 1.16. The molecule has 0 aliphatic heterocycles. The molecule has 0 fully saturated rings. The van der Waals surface area contributed by atoms with Crippen LogP contribution in [0.25, 0.3) is 0 Å². The number of hydrogen-bond donors (Lipinski definition) is 0. The van der Waals surface area contributed by atoms with Gasteiger partial charge in [-0.15, -0.1) is 0 Å². The van der Waals surface area contributed by atoms with Gasteiger partial charge >= 0.3 is 0 Å². The average Bonchev–Trinajstić information content (AvgIpc) is 1.94. The third kappa shape index (κ3) is 1.35. The summed E-state index contributed by atoms with van der Waals surface area (Å²) < 4.78 is 4.99. The van der Waals surface area contributed by atoms with Crippen molar-refractivity contribution in [2.75, 3.05) is 0 Å². The maximum absolute atomic E-state index is 4.99. The van der Waals surface area contributed by atoms with Crippen LogP contribution in [0.2, 0.25) is 0 Å². The SMILES string of the molecule is C=COc1ncccc1C. The van der Waals surface area contributed by atoms with E-state index >= 15 is 0 Å². The molecule has 0 radical (unpaired) electrons. The van der Waals surface area contributed by atoms with Crippen LogP contribution < -0.4 is 4.74 Å². The first-order valence-electron chi connectivity index (χ1n) is 3.04. The minimum Gasteiger partial charge on any atom is -0.447 e. The molecular formula is C8H9NO. The van der Waals surface area contributed by atoms with E-state index in [1.807, 2.05) is 19.1 Å². The molecule has 1 aromatic rings. The topological polar surface area (TPSA) is 22.1 Å². The summed E-state index contributed by atoms with van der Waals surface area (Å²) in [5.41, 5.74) is 1.02. The van der Waals surface area contributed by atoms with Crippen molar-refractivity contribution in [1.29, 1.82) is 0 Å². The lowest BCUT2D eigenvalue weighted by Crippen LogP contribution is -1.87. The van der Waals surface area contributed by atoms with Crippen molar-refractivity contribution in [3.8, 4) is 5.88 Å². The molecule has 0 aliphatic rings. The number of pyridine rings is 1. The van der Waals surface area contributed by atoms with Crippen LogP contribution in [0.4, 0.5) is 0 Å². The normalized spacial score (nSPS) is 8.90. The Morgan fingerprint density at radius 3 is 3.10 bits per heavy atom. The summed E-state index contributed by atoms with van der Waals surface area (Å²) in [7, 11) is 0. The zero-order valence-corrected chi connectivity index (χ0v) is 5.87. The van der Waals surface area contributed by atoms with Crippen molar-refractivity contribution in [3.63, 3.8) is 0 Å². The molecule has 0 atom stereocenters. The minimum absolute atomic E-state index is 0.623. The summed E-state index contributed by atoms with van der Waals surface area (Å²) in [6.45, 7) is 5.37. The molecular weight excluding hydrogens is 126 g/mol. The molecule has 0 amide bonds. The van der Waals surface area contributed by atoms with Gasteiger partial charge in [-0.05, 0) is 13.0 Å². The molecule has 1 heterocycles. The second kappa shape index (κ2) is 3.01. The minimum atomic E-state index is 0.623. The predicted octanol–water partition coefficient (Wildman–Crippen LogP) is 1.91. The van der Waals surface area contributed by atoms with E-state index < -0.39 is 0 Å². The van der Waals surface area contributed by atoms with E-state index in [0.717, 1.165) is 5.56 Å². The molecule has 10 heavy (non-hydrogen) atoms. The summed E-state index contributed by atoms with van der Waals surface area (Å²) in [5.74, 6) is 0.623. The van der Waals surface area contributed by atoms with Gasteiger partial charge in [-0.25, -0.2) is 4.98 Å². The third-order valence-corrected chi connectivity index (χ3v) is 1.16. The van der Waals surface area contributed by atoms with E-state index in [1.165, 1.54) is 6.26 Å². The first kappa shape index (κ1) is 6.81. The van der Waals surface area contributed by atoms with Crippen LogP contribution in [-0.2, 0) is 0 Å². The van der Waals surface area contributed by atoms with Crippen molar-refractivity contribution in [2.45, 2.75) is 6.92 Å². The van der Waals surface area contributed by atoms with Gasteiger partial charge in [0, 0.05) is 11.8 Å². The van der Waals surface area contributed by atoms with E-state index in [0.29, 0.717) is 5.88 Å². The second-order valence-electron chi connectivity index (χ2n) is 1.91. The highest BCUT2D eigenvalue weighted by molar-refractivity contribution is 5.23. The van der Waals surface area contributed by atoms with E-state index in [4.69, 9.17) is 4.74 Å². The van der Waals surface area contributed by atoms with Crippen LogP contribution in [0.1, 0.15) is 5.56 Å². The van der Waals surface area contributed by atoms with Gasteiger partial charge in [-0.2, -0.15) is 0 Å². The van der Waals surface area contributed by atoms with Crippen molar-refractivity contribution in [2.24, 2.45) is 0 Å². The van der Waals surface area contributed by atoms with Crippen LogP contribution in [0.15, 0.2) is 31.2 Å². The first-order valence-corrected chi connectivity index (χ1v) is 3.04. The number of aromatic nitrogens is 1. The molecule has 2 nitrogen and oxygen atoms in total. The number of hydrogen-bond acceptors (Lipinski definition) is 2. The maximum Gasteiger partial charge on any atom is 0.221 e. The highest BCUT2D eigenvalue weighted by Crippen LogP contribution is 2.11. The van der Waals surface area contributed by atoms with Gasteiger partial charge in [0.05, 0.1) is 6.26 Å². The molecule has 0 aliphatic carbocycles. The van der Waals surface area contributed by atoms with Crippen molar-refractivity contribution < 1.29 is 4.74 Å². The number of nitrogens with zero attached hydrogens (tertiary/aromatic N) is 1. The Bertz CT molecular complexity index is 232. The quantitative estimate of drug-likeness (QED) is 0.578. The van der Waals surface area contributed by atoms with Gasteiger partial charge in [-0.3, -0.25) is 0 Å². The van der Waals surface area contributed by atoms with E-state index in [2.05, 4.69) is 11.6 Å². The molecule has 0 spiro atoms. The van der Waals surface area contributed by atoms with E-state index in [9.17, 15) is 0 Å². The molecule has 0 saturated heterocycles. The molecule has 0 N–H and O–H groups in total. The van der Waals surface area contributed by atoms with Gasteiger partial charge in [0.2, 0.25) is 5.88 Å². The van der Waals surface area contributed by atoms with Crippen LogP contribution in [0.5, 0.6) is 5.88 Å². The molecule has 1 rings (SSSR count). The Labute approximate surface area is 60.2 Å². The molecule has 0 aromatic carbocycles. The Balaban J connectivity index is 2.91. The fourth-order valence-corrected chi connectivity index (χ4v) is 0.674. The summed E-state index contributed by atoms with van der Waals surface area (Å²) in [4.78, 5) is 3.97. The fraction of sp³-hybridized carbons (Fsp3) is 0.125. The predicted molar refractivity (Wildman–Crippen MR) is 39.8 cm³/mol. The molecule has 0 unspecified atom stereocenters. The monoisotopic (exact) mass is 135 g/mol. The summed E-state index contributed by atoms with van der Waals surface area (Å²) >= 11 is 0. The fourth-order valence-electron chi connectivity index (χ4n) is 0.674. The van der Waals surface area contributed by atoms with Crippen LogP contribution in [-0.4, -0.2) is 4.98 Å². The standard InChI is InChI=1S/C8H9NO/c1-3-10-8-7(2)5-4-6-9-8/h3-6H,1H2,2H3. The number of rotatable bonds is 2.